The van der Waals surface area contributed by atoms with Gasteiger partial charge >= 0.3 is 0 Å². The zero-order valence-corrected chi connectivity index (χ0v) is 14.1. The lowest BCUT2D eigenvalue weighted by molar-refractivity contribution is 0.0282. The third-order valence-corrected chi connectivity index (χ3v) is 7.07. The first-order chi connectivity index (χ1) is 10.2. The second-order valence-corrected chi connectivity index (χ2v) is 8.18. The smallest absolute Gasteiger partial charge is 0.0423 e. The lowest BCUT2D eigenvalue weighted by Crippen LogP contribution is -2.64. The van der Waals surface area contributed by atoms with Gasteiger partial charge in [-0.1, -0.05) is 33.1 Å². The Morgan fingerprint density at radius 1 is 1.00 bits per heavy atom. The molecule has 3 N–H and O–H groups in total. The van der Waals surface area contributed by atoms with E-state index in [1.165, 1.54) is 70.9 Å². The Kier molecular flexibility index (Phi) is 4.92. The molecule has 0 amide bonds. The summed E-state index contributed by atoms with van der Waals surface area (Å²) in [5.41, 5.74) is 3.70. The van der Waals surface area contributed by atoms with E-state index >= 15 is 0 Å². The minimum absolute atomic E-state index is 0.371. The minimum Gasteiger partial charge on any atom is -0.296 e. The fourth-order valence-corrected chi connectivity index (χ4v) is 5.60. The predicted molar refractivity (Wildman–Crippen MR) is 88.8 cm³/mol. The van der Waals surface area contributed by atoms with Crippen molar-refractivity contribution < 1.29 is 0 Å². The predicted octanol–water partition coefficient (Wildman–Crippen LogP) is 3.30. The first-order valence-electron chi connectivity index (χ1n) is 9.38. The number of nitrogens with zero attached hydrogens (tertiary/aromatic N) is 1. The van der Waals surface area contributed by atoms with Crippen molar-refractivity contribution >= 4 is 0 Å². The van der Waals surface area contributed by atoms with E-state index in [0.29, 0.717) is 11.6 Å². The molecule has 0 bridgehead atoms. The molecule has 0 radical (unpaired) electrons. The van der Waals surface area contributed by atoms with Crippen molar-refractivity contribution in [3.8, 4) is 0 Å². The molecule has 2 saturated carbocycles. The molecule has 0 aromatic carbocycles. The van der Waals surface area contributed by atoms with Crippen LogP contribution in [0.25, 0.3) is 0 Å². The molecule has 2 aliphatic carbocycles. The molecule has 122 valence electrons. The largest absolute Gasteiger partial charge is 0.296 e. The van der Waals surface area contributed by atoms with Gasteiger partial charge in [-0.05, 0) is 69.4 Å². The molecule has 3 aliphatic rings. The highest BCUT2D eigenvalue weighted by Crippen LogP contribution is 2.46. The number of hydrogen-bond donors (Lipinski definition) is 2. The molecule has 1 saturated heterocycles. The Balaban J connectivity index is 1.79. The third-order valence-electron chi connectivity index (χ3n) is 7.07. The van der Waals surface area contributed by atoms with E-state index in [2.05, 4.69) is 24.2 Å². The van der Waals surface area contributed by atoms with Crippen LogP contribution in [0.4, 0.5) is 0 Å². The normalized spacial score (nSPS) is 38.7. The molecule has 4 unspecified atom stereocenters. The average Bonchev–Trinajstić information content (AvgIpc) is 3.15. The Morgan fingerprint density at radius 3 is 2.24 bits per heavy atom. The highest BCUT2D eigenvalue weighted by molar-refractivity contribution is 5.07. The van der Waals surface area contributed by atoms with Gasteiger partial charge in [-0.2, -0.15) is 0 Å². The monoisotopic (exact) mass is 293 g/mol. The molecule has 3 rings (SSSR count). The summed E-state index contributed by atoms with van der Waals surface area (Å²) < 4.78 is 0. The van der Waals surface area contributed by atoms with Gasteiger partial charge in [0.2, 0.25) is 0 Å². The van der Waals surface area contributed by atoms with E-state index in [-0.39, 0.29) is 0 Å². The Hall–Kier alpha value is -0.120. The van der Waals surface area contributed by atoms with E-state index in [1.54, 1.807) is 0 Å². The van der Waals surface area contributed by atoms with Gasteiger partial charge in [0.15, 0.2) is 0 Å². The van der Waals surface area contributed by atoms with Crippen LogP contribution >= 0.6 is 0 Å². The van der Waals surface area contributed by atoms with Gasteiger partial charge in [0.05, 0.1) is 0 Å². The topological polar surface area (TPSA) is 41.3 Å². The number of rotatable bonds is 4. The fourth-order valence-electron chi connectivity index (χ4n) is 5.60. The van der Waals surface area contributed by atoms with Gasteiger partial charge in [-0.15, -0.1) is 0 Å². The summed E-state index contributed by atoms with van der Waals surface area (Å²) in [7, 11) is 0. The Bertz CT molecular complexity index is 331. The van der Waals surface area contributed by atoms with Crippen molar-refractivity contribution in [2.24, 2.45) is 23.6 Å². The van der Waals surface area contributed by atoms with Gasteiger partial charge < -0.3 is 0 Å². The molecule has 0 aromatic rings. The molecule has 3 fully saturated rings. The van der Waals surface area contributed by atoms with E-state index in [1.807, 2.05) is 0 Å². The number of likely N-dealkylation sites (tertiary alicyclic amines) is 1. The van der Waals surface area contributed by atoms with Gasteiger partial charge in [-0.25, -0.2) is 0 Å². The molecule has 1 heterocycles. The van der Waals surface area contributed by atoms with Crippen LogP contribution in [-0.4, -0.2) is 29.6 Å². The molecular weight excluding hydrogens is 258 g/mol. The summed E-state index contributed by atoms with van der Waals surface area (Å²) in [5.74, 6) is 8.67. The van der Waals surface area contributed by atoms with Crippen molar-refractivity contribution in [2.45, 2.75) is 83.2 Å². The summed E-state index contributed by atoms with van der Waals surface area (Å²) in [5, 5.41) is 0. The van der Waals surface area contributed by atoms with Gasteiger partial charge in [0.25, 0.3) is 0 Å². The first-order valence-corrected chi connectivity index (χ1v) is 9.38. The maximum atomic E-state index is 6.14. The van der Waals surface area contributed by atoms with Crippen molar-refractivity contribution in [3.63, 3.8) is 0 Å². The van der Waals surface area contributed by atoms with Crippen LogP contribution in [0.3, 0.4) is 0 Å². The molecule has 0 spiro atoms. The Labute approximate surface area is 131 Å². The zero-order chi connectivity index (χ0) is 14.9. The summed E-state index contributed by atoms with van der Waals surface area (Å²) in [6, 6.07) is 0.507. The molecule has 0 aromatic heterocycles. The lowest BCUT2D eigenvalue weighted by Gasteiger charge is -2.50. The Morgan fingerprint density at radius 2 is 1.67 bits per heavy atom. The van der Waals surface area contributed by atoms with Crippen LogP contribution in [-0.2, 0) is 0 Å². The van der Waals surface area contributed by atoms with Gasteiger partial charge in [0.1, 0.15) is 0 Å². The van der Waals surface area contributed by atoms with E-state index in [4.69, 9.17) is 5.84 Å². The maximum Gasteiger partial charge on any atom is 0.0423 e. The molecule has 1 aliphatic heterocycles. The fraction of sp³-hybridized carbons (Fsp3) is 1.00. The van der Waals surface area contributed by atoms with Crippen LogP contribution in [0.5, 0.6) is 0 Å². The van der Waals surface area contributed by atoms with E-state index < -0.39 is 0 Å². The molecular formula is C18H35N3. The number of nitrogens with one attached hydrogen (secondary N) is 1. The van der Waals surface area contributed by atoms with Crippen LogP contribution in [0.1, 0.15) is 71.6 Å². The third kappa shape index (κ3) is 2.89. The van der Waals surface area contributed by atoms with Crippen molar-refractivity contribution in [3.05, 3.63) is 0 Å². The zero-order valence-electron chi connectivity index (χ0n) is 14.1. The second-order valence-electron chi connectivity index (χ2n) is 8.18. The summed E-state index contributed by atoms with van der Waals surface area (Å²) in [4.78, 5) is 2.81. The van der Waals surface area contributed by atoms with Gasteiger partial charge in [-0.3, -0.25) is 16.2 Å². The maximum absolute atomic E-state index is 6.14. The SMILES string of the molecule is CC1CCC(C(NN)C2(N3CCCC3)CCCC2)CC1C. The molecule has 21 heavy (non-hydrogen) atoms. The van der Waals surface area contributed by atoms with E-state index in [9.17, 15) is 0 Å². The summed E-state index contributed by atoms with van der Waals surface area (Å²) in [6.45, 7) is 7.48. The number of nitrogens with two attached hydrogens (primary N) is 1. The molecule has 4 atom stereocenters. The second kappa shape index (κ2) is 6.55. The highest BCUT2D eigenvalue weighted by Gasteiger charge is 2.49. The summed E-state index contributed by atoms with van der Waals surface area (Å²) >= 11 is 0. The van der Waals surface area contributed by atoms with Crippen molar-refractivity contribution in [1.29, 1.82) is 0 Å². The van der Waals surface area contributed by atoms with Crippen molar-refractivity contribution in [1.82, 2.24) is 10.3 Å². The molecule has 3 nitrogen and oxygen atoms in total. The molecule has 3 heteroatoms. The van der Waals surface area contributed by atoms with E-state index in [0.717, 1.165) is 17.8 Å². The lowest BCUT2D eigenvalue weighted by atomic mass is 9.68. The quantitative estimate of drug-likeness (QED) is 0.617. The number of hydrazine groups is 1. The standard InChI is InChI=1S/C18H35N3/c1-14-7-8-16(13-15(14)2)17(20-19)18(9-3-4-10-18)21-11-5-6-12-21/h14-17,20H,3-13,19H2,1-2H3. The average molecular weight is 293 g/mol. The van der Waals surface area contributed by atoms with Gasteiger partial charge in [0, 0.05) is 11.6 Å². The highest BCUT2D eigenvalue weighted by atomic mass is 15.3. The van der Waals surface area contributed by atoms with Crippen LogP contribution < -0.4 is 11.3 Å². The minimum atomic E-state index is 0.371. The first kappa shape index (κ1) is 15.8. The van der Waals surface area contributed by atoms with Crippen LogP contribution in [0.15, 0.2) is 0 Å². The van der Waals surface area contributed by atoms with Crippen molar-refractivity contribution in [2.75, 3.05) is 13.1 Å². The summed E-state index contributed by atoms with van der Waals surface area (Å²) in [6.07, 6.45) is 12.4. The number of hydrogen-bond acceptors (Lipinski definition) is 3. The van der Waals surface area contributed by atoms with Crippen LogP contribution in [0, 0.1) is 17.8 Å². The van der Waals surface area contributed by atoms with Crippen LogP contribution in [0.2, 0.25) is 0 Å².